The number of aliphatic hydroxyl groups excluding tert-OH is 1. The first-order valence-electron chi connectivity index (χ1n) is 7.51. The number of nitrogens with zero attached hydrogens (tertiary/aromatic N) is 2. The van der Waals surface area contributed by atoms with E-state index < -0.39 is 46.0 Å². The molecule has 3 aliphatic rings. The van der Waals surface area contributed by atoms with Crippen LogP contribution in [0.2, 0.25) is 0 Å². The van der Waals surface area contributed by atoms with Crippen molar-refractivity contribution < 1.29 is 58.9 Å². The first-order chi connectivity index (χ1) is 10.8. The summed E-state index contributed by atoms with van der Waals surface area (Å²) >= 11 is 1.29. The van der Waals surface area contributed by atoms with Crippen molar-refractivity contribution in [3.05, 3.63) is 0 Å². The van der Waals surface area contributed by atoms with E-state index in [-0.39, 0.29) is 29.6 Å². The predicted molar refractivity (Wildman–Crippen MR) is 78.0 cm³/mol. The number of β-lactam (4-membered cyclic amide) rings is 1. The van der Waals surface area contributed by atoms with Crippen LogP contribution in [0.1, 0.15) is 13.8 Å². The van der Waals surface area contributed by atoms with Gasteiger partial charge in [0.15, 0.2) is 0 Å². The van der Waals surface area contributed by atoms with Gasteiger partial charge in [-0.3, -0.25) is 9.59 Å². The summed E-state index contributed by atoms with van der Waals surface area (Å²) in [7, 11) is 0. The Kier molecular flexibility index (Phi) is 5.94. The molecule has 0 saturated carbocycles. The number of fused-ring (bicyclic) bond motifs is 1. The van der Waals surface area contributed by atoms with Gasteiger partial charge in [0.05, 0.1) is 30.6 Å². The number of hydrogen-bond acceptors (Lipinski definition) is 7. The van der Waals surface area contributed by atoms with Crippen LogP contribution in [0.3, 0.4) is 0 Å². The molecule has 2 amide bonds. The van der Waals surface area contributed by atoms with E-state index in [1.807, 2.05) is 0 Å². The second kappa shape index (κ2) is 7.13. The summed E-state index contributed by atoms with van der Waals surface area (Å²) in [6.45, 7) is 5.01. The Morgan fingerprint density at radius 2 is 1.96 bits per heavy atom. The van der Waals surface area contributed by atoms with Gasteiger partial charge in [-0.1, -0.05) is 0 Å². The average Bonchev–Trinajstić information content (AvgIpc) is 2.75. The fourth-order valence-corrected chi connectivity index (χ4v) is 5.15. The largest absolute Gasteiger partial charge is 1.00 e. The van der Waals surface area contributed by atoms with Crippen LogP contribution >= 0.6 is 11.8 Å². The maximum atomic E-state index is 12.4. The summed E-state index contributed by atoms with van der Waals surface area (Å²) in [6, 6.07) is -1.05. The van der Waals surface area contributed by atoms with E-state index in [4.69, 9.17) is 4.74 Å². The van der Waals surface area contributed by atoms with Crippen LogP contribution in [-0.4, -0.2) is 81.3 Å². The number of carboxylic acids is 1. The SMILES string of the molecule is CC1(C)S[C@@H]2[C@H]([C@H](O)C(=O)N3CCOCC3)C(=O)N2[C@H]1C(=O)[O-].[Na+]. The van der Waals surface area contributed by atoms with Crippen LogP contribution in [-0.2, 0) is 19.1 Å². The number of thioether (sulfide) groups is 1. The minimum atomic E-state index is -1.45. The van der Waals surface area contributed by atoms with E-state index in [0.717, 1.165) is 0 Å². The molecule has 24 heavy (non-hydrogen) atoms. The molecule has 0 spiro atoms. The van der Waals surface area contributed by atoms with Gasteiger partial charge in [-0.15, -0.1) is 11.8 Å². The molecule has 3 fully saturated rings. The molecule has 0 unspecified atom stereocenters. The van der Waals surface area contributed by atoms with Gasteiger partial charge in [-0.25, -0.2) is 0 Å². The second-order valence-corrected chi connectivity index (χ2v) is 8.26. The second-order valence-electron chi connectivity index (χ2n) is 6.49. The van der Waals surface area contributed by atoms with Crippen LogP contribution in [0.4, 0.5) is 0 Å². The maximum Gasteiger partial charge on any atom is 1.00 e. The van der Waals surface area contributed by atoms with Gasteiger partial charge in [0.25, 0.3) is 5.91 Å². The molecular formula is C14H19N2NaO6S. The normalized spacial score (nSPS) is 32.5. The molecule has 0 aromatic carbocycles. The van der Waals surface area contributed by atoms with Crippen LogP contribution in [0, 0.1) is 5.92 Å². The van der Waals surface area contributed by atoms with Crippen molar-refractivity contribution in [2.45, 2.75) is 36.1 Å². The van der Waals surface area contributed by atoms with E-state index in [2.05, 4.69) is 0 Å². The Bertz CT molecular complexity index is 553. The fourth-order valence-electron chi connectivity index (χ4n) is 3.44. The molecule has 3 aliphatic heterocycles. The number of carbonyl (C=O) groups is 3. The molecule has 128 valence electrons. The summed E-state index contributed by atoms with van der Waals surface area (Å²) in [5.74, 6) is -3.22. The molecule has 3 saturated heterocycles. The minimum absolute atomic E-state index is 0. The number of carbonyl (C=O) groups excluding carboxylic acids is 3. The summed E-state index contributed by atoms with van der Waals surface area (Å²) in [5, 5.41) is 21.2. The third kappa shape index (κ3) is 3.10. The minimum Gasteiger partial charge on any atom is -0.548 e. The first-order valence-corrected chi connectivity index (χ1v) is 8.39. The van der Waals surface area contributed by atoms with Crippen molar-refractivity contribution >= 4 is 29.5 Å². The summed E-state index contributed by atoms with van der Waals surface area (Å²) < 4.78 is 4.44. The van der Waals surface area contributed by atoms with E-state index in [1.165, 1.54) is 21.6 Å². The average molecular weight is 366 g/mol. The molecule has 10 heteroatoms. The Balaban J connectivity index is 0.00000208. The van der Waals surface area contributed by atoms with Crippen molar-refractivity contribution in [2.24, 2.45) is 5.92 Å². The van der Waals surface area contributed by atoms with Gasteiger partial charge >= 0.3 is 29.6 Å². The summed E-state index contributed by atoms with van der Waals surface area (Å²) in [4.78, 5) is 38.7. The van der Waals surface area contributed by atoms with Crippen LogP contribution in [0.25, 0.3) is 0 Å². The molecule has 0 aliphatic carbocycles. The smallest absolute Gasteiger partial charge is 0.548 e. The molecule has 1 N–H and O–H groups in total. The number of aliphatic carboxylic acids is 1. The van der Waals surface area contributed by atoms with E-state index in [9.17, 15) is 24.6 Å². The third-order valence-corrected chi connectivity index (χ3v) is 6.21. The van der Waals surface area contributed by atoms with E-state index in [1.54, 1.807) is 13.8 Å². The van der Waals surface area contributed by atoms with Crippen molar-refractivity contribution in [1.82, 2.24) is 9.80 Å². The number of hydrogen-bond donors (Lipinski definition) is 1. The molecule has 4 atom stereocenters. The van der Waals surface area contributed by atoms with Crippen molar-refractivity contribution in [2.75, 3.05) is 26.3 Å². The van der Waals surface area contributed by atoms with Gasteiger partial charge in [0.1, 0.15) is 12.0 Å². The molecule has 0 aromatic rings. The zero-order valence-corrected chi connectivity index (χ0v) is 16.7. The van der Waals surface area contributed by atoms with Gasteiger partial charge in [-0.2, -0.15) is 0 Å². The molecule has 0 bridgehead atoms. The Hall–Kier alpha value is -0.320. The number of rotatable bonds is 3. The monoisotopic (exact) mass is 366 g/mol. The molecule has 0 radical (unpaired) electrons. The first kappa shape index (κ1) is 20.0. The van der Waals surface area contributed by atoms with Crippen LogP contribution < -0.4 is 34.7 Å². The summed E-state index contributed by atoms with van der Waals surface area (Å²) in [6.07, 6.45) is -1.45. The summed E-state index contributed by atoms with van der Waals surface area (Å²) in [5.41, 5.74) is 0. The predicted octanol–water partition coefficient (Wildman–Crippen LogP) is -5.36. The number of ether oxygens (including phenoxy) is 1. The molecule has 0 aromatic heterocycles. The number of carboxylic acid groups (broad SMARTS) is 1. The Labute approximate surface area is 166 Å². The molecule has 3 rings (SSSR count). The zero-order valence-electron chi connectivity index (χ0n) is 13.9. The standard InChI is InChI=1S/C14H20N2O6S.Na/c1-14(2)9(13(20)21)16-10(18)7(12(16)23-14)8(17)11(19)15-3-5-22-6-4-15;/h7-9,12,17H,3-6H2,1-2H3,(H,20,21);/q;+1/p-1/t7-,8+,9+,12-;/m1./s1. The molecule has 3 heterocycles. The Morgan fingerprint density at radius 3 is 2.50 bits per heavy atom. The van der Waals surface area contributed by atoms with Crippen molar-refractivity contribution in [3.63, 3.8) is 0 Å². The van der Waals surface area contributed by atoms with Crippen molar-refractivity contribution in [1.29, 1.82) is 0 Å². The van der Waals surface area contributed by atoms with Gasteiger partial charge in [0, 0.05) is 17.8 Å². The van der Waals surface area contributed by atoms with Gasteiger partial charge in [-0.05, 0) is 13.8 Å². The zero-order chi connectivity index (χ0) is 16.9. The number of morpholine rings is 1. The maximum absolute atomic E-state index is 12.4. The van der Waals surface area contributed by atoms with E-state index >= 15 is 0 Å². The van der Waals surface area contributed by atoms with Crippen LogP contribution in [0.15, 0.2) is 0 Å². The van der Waals surface area contributed by atoms with Gasteiger partial charge < -0.3 is 29.5 Å². The Morgan fingerprint density at radius 1 is 1.38 bits per heavy atom. The van der Waals surface area contributed by atoms with Gasteiger partial charge in [0.2, 0.25) is 5.91 Å². The molecule has 8 nitrogen and oxygen atoms in total. The third-order valence-electron chi connectivity index (χ3n) is 4.62. The quantitative estimate of drug-likeness (QED) is 0.392. The van der Waals surface area contributed by atoms with E-state index in [0.29, 0.717) is 26.3 Å². The topological polar surface area (TPSA) is 110 Å². The molecular weight excluding hydrogens is 347 g/mol. The number of aliphatic hydroxyl groups is 1. The fraction of sp³-hybridized carbons (Fsp3) is 0.786. The van der Waals surface area contributed by atoms with Crippen LogP contribution in [0.5, 0.6) is 0 Å². The number of amides is 2. The van der Waals surface area contributed by atoms with Crippen molar-refractivity contribution in [3.8, 4) is 0 Å².